The molecule has 1 aliphatic carbocycles. The number of benzene rings is 1. The van der Waals surface area contributed by atoms with Gasteiger partial charge in [0.05, 0.1) is 5.60 Å². The van der Waals surface area contributed by atoms with Crippen LogP contribution in [0, 0.1) is 5.41 Å². The third-order valence-electron chi connectivity index (χ3n) is 4.81. The second-order valence-corrected chi connectivity index (χ2v) is 6.99. The topological polar surface area (TPSA) is 46.2 Å². The third kappa shape index (κ3) is 4.42. The van der Waals surface area contributed by atoms with Gasteiger partial charge < -0.3 is 10.8 Å². The summed E-state index contributed by atoms with van der Waals surface area (Å²) in [5.74, 6) is 0. The average molecular weight is 287 g/mol. The van der Waals surface area contributed by atoms with Gasteiger partial charge in [-0.15, -0.1) is 0 Å². The number of hydrogen-bond donors (Lipinski definition) is 2. The van der Waals surface area contributed by atoms with Crippen LogP contribution < -0.4 is 5.73 Å². The lowest BCUT2D eigenvalue weighted by molar-refractivity contribution is 0.0504. The van der Waals surface area contributed by atoms with E-state index in [0.717, 1.165) is 11.1 Å². The first-order valence-electron chi connectivity index (χ1n) is 8.17. The first-order chi connectivity index (χ1) is 9.95. The number of aliphatic hydroxyl groups is 1. The fraction of sp³-hybridized carbons (Fsp3) is 0.579. The monoisotopic (exact) mass is 287 g/mol. The molecule has 1 fully saturated rings. The van der Waals surface area contributed by atoms with Gasteiger partial charge in [-0.25, -0.2) is 0 Å². The molecule has 2 nitrogen and oxygen atoms in total. The lowest BCUT2D eigenvalue weighted by Crippen LogP contribution is -2.24. The summed E-state index contributed by atoms with van der Waals surface area (Å²) < 4.78 is 0. The fourth-order valence-electron chi connectivity index (χ4n) is 3.23. The molecule has 1 aliphatic rings. The number of nitrogens with two attached hydrogens (primary N) is 1. The molecule has 1 atom stereocenters. The van der Waals surface area contributed by atoms with E-state index in [1.165, 1.54) is 32.1 Å². The molecule has 0 heterocycles. The van der Waals surface area contributed by atoms with Crippen LogP contribution in [0.2, 0.25) is 0 Å². The molecular weight excluding hydrogens is 258 g/mol. The second-order valence-electron chi connectivity index (χ2n) is 6.99. The summed E-state index contributed by atoms with van der Waals surface area (Å²) in [7, 11) is 0. The van der Waals surface area contributed by atoms with Crippen molar-refractivity contribution in [2.45, 2.75) is 58.0 Å². The van der Waals surface area contributed by atoms with Crippen molar-refractivity contribution in [3.63, 3.8) is 0 Å². The Labute approximate surface area is 129 Å². The molecule has 2 rings (SSSR count). The fourth-order valence-corrected chi connectivity index (χ4v) is 3.23. The molecule has 21 heavy (non-hydrogen) atoms. The van der Waals surface area contributed by atoms with Gasteiger partial charge in [-0.1, -0.05) is 56.5 Å². The number of hydrogen-bond acceptors (Lipinski definition) is 2. The summed E-state index contributed by atoms with van der Waals surface area (Å²) in [6, 6.07) is 8.18. The SMILES string of the molecule is CC1(/C=C/c2cccc(C(C)(O)CCN)c2)CCCCC1. The van der Waals surface area contributed by atoms with Crippen LogP contribution in [0.25, 0.3) is 6.08 Å². The minimum Gasteiger partial charge on any atom is -0.385 e. The van der Waals surface area contributed by atoms with Gasteiger partial charge in [0.25, 0.3) is 0 Å². The highest BCUT2D eigenvalue weighted by molar-refractivity contribution is 5.52. The van der Waals surface area contributed by atoms with E-state index in [1.807, 2.05) is 19.1 Å². The Bertz CT molecular complexity index is 484. The van der Waals surface area contributed by atoms with Crippen molar-refractivity contribution in [3.05, 3.63) is 41.5 Å². The molecule has 116 valence electrons. The Morgan fingerprint density at radius 3 is 2.67 bits per heavy atom. The zero-order valence-corrected chi connectivity index (χ0v) is 13.4. The van der Waals surface area contributed by atoms with Gasteiger partial charge in [0.1, 0.15) is 0 Å². The molecule has 3 N–H and O–H groups in total. The van der Waals surface area contributed by atoms with Crippen LogP contribution >= 0.6 is 0 Å². The van der Waals surface area contributed by atoms with E-state index in [2.05, 4.69) is 31.2 Å². The summed E-state index contributed by atoms with van der Waals surface area (Å²) in [5, 5.41) is 10.5. The third-order valence-corrected chi connectivity index (χ3v) is 4.81. The maximum atomic E-state index is 10.5. The quantitative estimate of drug-likeness (QED) is 0.851. The van der Waals surface area contributed by atoms with Crippen molar-refractivity contribution in [2.24, 2.45) is 11.1 Å². The highest BCUT2D eigenvalue weighted by atomic mass is 16.3. The maximum absolute atomic E-state index is 10.5. The van der Waals surface area contributed by atoms with E-state index in [4.69, 9.17) is 5.73 Å². The van der Waals surface area contributed by atoms with Crippen LogP contribution in [-0.4, -0.2) is 11.7 Å². The smallest absolute Gasteiger partial charge is 0.0880 e. The van der Waals surface area contributed by atoms with Gasteiger partial charge in [0.15, 0.2) is 0 Å². The van der Waals surface area contributed by atoms with Crippen molar-refractivity contribution < 1.29 is 5.11 Å². The Morgan fingerprint density at radius 2 is 2.00 bits per heavy atom. The van der Waals surface area contributed by atoms with Gasteiger partial charge in [0, 0.05) is 0 Å². The average Bonchev–Trinajstić information content (AvgIpc) is 2.46. The molecule has 0 radical (unpaired) electrons. The predicted molar refractivity (Wildman–Crippen MR) is 89.9 cm³/mol. The van der Waals surface area contributed by atoms with Crippen molar-refractivity contribution >= 4 is 6.08 Å². The van der Waals surface area contributed by atoms with Gasteiger partial charge in [-0.3, -0.25) is 0 Å². The standard InChI is InChI=1S/C19H29NO/c1-18(10-4-3-5-11-18)12-9-16-7-6-8-17(15-16)19(2,21)13-14-20/h6-9,12,15,21H,3-5,10-11,13-14,20H2,1-2H3/b12-9+. The van der Waals surface area contributed by atoms with Crippen LogP contribution in [0.5, 0.6) is 0 Å². The van der Waals surface area contributed by atoms with Crippen molar-refractivity contribution in [3.8, 4) is 0 Å². The van der Waals surface area contributed by atoms with Gasteiger partial charge >= 0.3 is 0 Å². The molecule has 0 aromatic heterocycles. The van der Waals surface area contributed by atoms with E-state index in [-0.39, 0.29) is 0 Å². The Kier molecular flexibility index (Phi) is 5.23. The molecule has 2 heteroatoms. The molecule has 0 spiro atoms. The summed E-state index contributed by atoms with van der Waals surface area (Å²) >= 11 is 0. The Morgan fingerprint density at radius 1 is 1.29 bits per heavy atom. The first-order valence-corrected chi connectivity index (χ1v) is 8.17. The van der Waals surface area contributed by atoms with Crippen molar-refractivity contribution in [1.29, 1.82) is 0 Å². The van der Waals surface area contributed by atoms with Gasteiger partial charge in [0.2, 0.25) is 0 Å². The molecular formula is C19H29NO. The lowest BCUT2D eigenvalue weighted by Gasteiger charge is -2.30. The van der Waals surface area contributed by atoms with E-state index in [1.54, 1.807) is 0 Å². The molecule has 0 amide bonds. The van der Waals surface area contributed by atoms with Crippen LogP contribution in [0.15, 0.2) is 30.3 Å². The molecule has 1 aromatic carbocycles. The van der Waals surface area contributed by atoms with Crippen molar-refractivity contribution in [1.82, 2.24) is 0 Å². The minimum atomic E-state index is -0.840. The highest BCUT2D eigenvalue weighted by Crippen LogP contribution is 2.37. The maximum Gasteiger partial charge on any atom is 0.0880 e. The van der Waals surface area contributed by atoms with E-state index >= 15 is 0 Å². The van der Waals surface area contributed by atoms with Crippen LogP contribution in [0.1, 0.15) is 63.5 Å². The molecule has 0 saturated heterocycles. The highest BCUT2D eigenvalue weighted by Gasteiger charge is 2.24. The summed E-state index contributed by atoms with van der Waals surface area (Å²) in [6.07, 6.45) is 11.8. The molecule has 1 saturated carbocycles. The molecule has 0 bridgehead atoms. The summed E-state index contributed by atoms with van der Waals surface area (Å²) in [6.45, 7) is 4.69. The number of rotatable bonds is 5. The first kappa shape index (κ1) is 16.3. The molecule has 1 unspecified atom stereocenters. The molecule has 1 aromatic rings. The Hall–Kier alpha value is -1.12. The zero-order valence-electron chi connectivity index (χ0n) is 13.4. The van der Waals surface area contributed by atoms with E-state index in [0.29, 0.717) is 18.4 Å². The zero-order chi connectivity index (χ0) is 15.3. The van der Waals surface area contributed by atoms with Crippen molar-refractivity contribution in [2.75, 3.05) is 6.54 Å². The van der Waals surface area contributed by atoms with Crippen LogP contribution in [-0.2, 0) is 5.60 Å². The van der Waals surface area contributed by atoms with E-state index < -0.39 is 5.60 Å². The largest absolute Gasteiger partial charge is 0.385 e. The summed E-state index contributed by atoms with van der Waals surface area (Å²) in [4.78, 5) is 0. The van der Waals surface area contributed by atoms with E-state index in [9.17, 15) is 5.11 Å². The van der Waals surface area contributed by atoms with Gasteiger partial charge in [-0.05, 0) is 55.3 Å². The van der Waals surface area contributed by atoms with Gasteiger partial charge in [-0.2, -0.15) is 0 Å². The molecule has 0 aliphatic heterocycles. The van der Waals surface area contributed by atoms with Crippen LogP contribution in [0.4, 0.5) is 0 Å². The summed E-state index contributed by atoms with van der Waals surface area (Å²) in [5.41, 5.74) is 7.20. The normalized spacial score (nSPS) is 21.3. The number of allylic oxidation sites excluding steroid dienone is 1. The lowest BCUT2D eigenvalue weighted by atomic mass is 9.75. The van der Waals surface area contributed by atoms with Crippen LogP contribution in [0.3, 0.4) is 0 Å². The predicted octanol–water partition coefficient (Wildman–Crippen LogP) is 4.23. The minimum absolute atomic E-state index is 0.341. The second kappa shape index (κ2) is 6.76. The Balaban J connectivity index is 2.14.